The fourth-order valence-corrected chi connectivity index (χ4v) is 1.65. The van der Waals surface area contributed by atoms with Crippen molar-refractivity contribution in [3.05, 3.63) is 0 Å². The number of carbonyl (C=O) groups excluding carboxylic acids is 2. The molecular formula is C10H16NO4-. The molecule has 0 saturated carbocycles. The molecule has 1 amide bonds. The van der Waals surface area contributed by atoms with Crippen LogP contribution in [0.1, 0.15) is 19.8 Å². The molecule has 5 heteroatoms. The van der Waals surface area contributed by atoms with Crippen LogP contribution in [-0.4, -0.2) is 43.1 Å². The van der Waals surface area contributed by atoms with Crippen LogP contribution in [0.4, 0.5) is 0 Å². The molecule has 1 rings (SSSR count). The van der Waals surface area contributed by atoms with E-state index in [1.54, 1.807) is 4.90 Å². The predicted octanol–water partition coefficient (Wildman–Crippen LogP) is -0.989. The van der Waals surface area contributed by atoms with Gasteiger partial charge < -0.3 is 19.5 Å². The zero-order valence-corrected chi connectivity index (χ0v) is 8.90. The van der Waals surface area contributed by atoms with Gasteiger partial charge in [-0.2, -0.15) is 0 Å². The molecule has 86 valence electrons. The lowest BCUT2D eigenvalue weighted by atomic mass is 10.1. The number of carboxylic acid groups (broad SMARTS) is 1. The standard InChI is InChI=1S/C10H17NO4/c1-2-15-5-3-4-11-7-8(10(13)14)6-9(11)12/h8H,2-7H2,1H3,(H,13,14)/p-1/t8-/m0/s1. The van der Waals surface area contributed by atoms with E-state index in [1.165, 1.54) is 0 Å². The summed E-state index contributed by atoms with van der Waals surface area (Å²) in [6.45, 7) is 4.04. The third-order valence-electron chi connectivity index (χ3n) is 2.47. The van der Waals surface area contributed by atoms with Crippen molar-refractivity contribution >= 4 is 11.9 Å². The maximum atomic E-state index is 11.3. The normalized spacial score (nSPS) is 21.0. The van der Waals surface area contributed by atoms with Crippen molar-refractivity contribution in [3.8, 4) is 0 Å². The van der Waals surface area contributed by atoms with Crippen molar-refractivity contribution in [3.63, 3.8) is 0 Å². The van der Waals surface area contributed by atoms with Crippen molar-refractivity contribution in [2.24, 2.45) is 5.92 Å². The summed E-state index contributed by atoms with van der Waals surface area (Å²) >= 11 is 0. The first-order valence-corrected chi connectivity index (χ1v) is 5.21. The van der Waals surface area contributed by atoms with Gasteiger partial charge in [0.25, 0.3) is 0 Å². The Bertz CT molecular complexity index is 242. The summed E-state index contributed by atoms with van der Waals surface area (Å²) in [7, 11) is 0. The molecule has 0 aromatic heterocycles. The first-order valence-electron chi connectivity index (χ1n) is 5.21. The van der Waals surface area contributed by atoms with E-state index in [9.17, 15) is 14.7 Å². The molecule has 1 aliphatic heterocycles. The van der Waals surface area contributed by atoms with Crippen LogP contribution in [0.15, 0.2) is 0 Å². The summed E-state index contributed by atoms with van der Waals surface area (Å²) < 4.78 is 5.14. The molecule has 0 aromatic rings. The van der Waals surface area contributed by atoms with E-state index < -0.39 is 11.9 Å². The smallest absolute Gasteiger partial charge is 0.223 e. The van der Waals surface area contributed by atoms with Crippen molar-refractivity contribution in [1.82, 2.24) is 4.90 Å². The van der Waals surface area contributed by atoms with Gasteiger partial charge in [0.2, 0.25) is 5.91 Å². The Labute approximate surface area is 89.0 Å². The molecule has 0 spiro atoms. The molecule has 1 heterocycles. The molecule has 15 heavy (non-hydrogen) atoms. The van der Waals surface area contributed by atoms with Crippen LogP contribution in [-0.2, 0) is 14.3 Å². The van der Waals surface area contributed by atoms with Crippen molar-refractivity contribution in [2.75, 3.05) is 26.3 Å². The van der Waals surface area contributed by atoms with Gasteiger partial charge in [0, 0.05) is 44.6 Å². The molecule has 0 radical (unpaired) electrons. The minimum atomic E-state index is -1.13. The lowest BCUT2D eigenvalue weighted by Crippen LogP contribution is -2.34. The molecule has 1 atom stereocenters. The Hall–Kier alpha value is -1.10. The van der Waals surface area contributed by atoms with E-state index in [1.807, 2.05) is 6.92 Å². The third kappa shape index (κ3) is 3.51. The van der Waals surface area contributed by atoms with Gasteiger partial charge in [0.1, 0.15) is 0 Å². The minimum absolute atomic E-state index is 0.0803. The van der Waals surface area contributed by atoms with Crippen LogP contribution in [0.25, 0.3) is 0 Å². The fraction of sp³-hybridized carbons (Fsp3) is 0.800. The Morgan fingerprint density at radius 1 is 1.67 bits per heavy atom. The van der Waals surface area contributed by atoms with Gasteiger partial charge in [-0.3, -0.25) is 4.79 Å². The summed E-state index contributed by atoms with van der Waals surface area (Å²) in [4.78, 5) is 23.5. The van der Waals surface area contributed by atoms with Gasteiger partial charge >= 0.3 is 0 Å². The van der Waals surface area contributed by atoms with Gasteiger partial charge in [-0.1, -0.05) is 0 Å². The molecule has 0 aliphatic carbocycles. The van der Waals surface area contributed by atoms with Crippen LogP contribution in [0, 0.1) is 5.92 Å². The monoisotopic (exact) mass is 214 g/mol. The van der Waals surface area contributed by atoms with Crippen LogP contribution in [0.2, 0.25) is 0 Å². The number of aliphatic carboxylic acids is 1. The zero-order valence-electron chi connectivity index (χ0n) is 8.90. The average molecular weight is 214 g/mol. The number of hydrogen-bond acceptors (Lipinski definition) is 4. The highest BCUT2D eigenvalue weighted by molar-refractivity contribution is 5.85. The van der Waals surface area contributed by atoms with E-state index >= 15 is 0 Å². The molecule has 1 fully saturated rings. The second-order valence-electron chi connectivity index (χ2n) is 3.61. The van der Waals surface area contributed by atoms with Gasteiger partial charge in [-0.05, 0) is 13.3 Å². The summed E-state index contributed by atoms with van der Waals surface area (Å²) in [5.41, 5.74) is 0. The Morgan fingerprint density at radius 2 is 2.40 bits per heavy atom. The van der Waals surface area contributed by atoms with Crippen LogP contribution in [0.5, 0.6) is 0 Å². The van der Waals surface area contributed by atoms with E-state index in [4.69, 9.17) is 4.74 Å². The Kier molecular flexibility index (Phi) is 4.55. The maximum Gasteiger partial charge on any atom is 0.223 e. The van der Waals surface area contributed by atoms with Crippen molar-refractivity contribution < 1.29 is 19.4 Å². The lowest BCUT2D eigenvalue weighted by Gasteiger charge is -2.16. The molecular weight excluding hydrogens is 198 g/mol. The first kappa shape index (κ1) is 12.0. The number of likely N-dealkylation sites (tertiary alicyclic amines) is 1. The highest BCUT2D eigenvalue weighted by atomic mass is 16.5. The molecule has 0 aromatic carbocycles. The fourth-order valence-electron chi connectivity index (χ4n) is 1.65. The Balaban J connectivity index is 2.25. The molecule has 0 bridgehead atoms. The molecule has 1 saturated heterocycles. The lowest BCUT2D eigenvalue weighted by molar-refractivity contribution is -0.311. The number of carboxylic acids is 1. The second-order valence-corrected chi connectivity index (χ2v) is 3.61. The first-order chi connectivity index (χ1) is 7.15. The van der Waals surface area contributed by atoms with Crippen molar-refractivity contribution in [1.29, 1.82) is 0 Å². The van der Waals surface area contributed by atoms with Crippen LogP contribution >= 0.6 is 0 Å². The zero-order chi connectivity index (χ0) is 11.3. The third-order valence-corrected chi connectivity index (χ3v) is 2.47. The number of amides is 1. The predicted molar refractivity (Wildman–Crippen MR) is 50.8 cm³/mol. The summed E-state index contributed by atoms with van der Waals surface area (Å²) in [6, 6.07) is 0. The maximum absolute atomic E-state index is 11.3. The quantitative estimate of drug-likeness (QED) is 0.532. The molecule has 0 unspecified atom stereocenters. The average Bonchev–Trinajstić information content (AvgIpc) is 2.55. The number of rotatable bonds is 6. The number of hydrogen-bond donors (Lipinski definition) is 0. The van der Waals surface area contributed by atoms with Crippen LogP contribution < -0.4 is 5.11 Å². The van der Waals surface area contributed by atoms with E-state index in [2.05, 4.69) is 0 Å². The number of ether oxygens (including phenoxy) is 1. The highest BCUT2D eigenvalue weighted by Gasteiger charge is 2.29. The van der Waals surface area contributed by atoms with E-state index in [0.29, 0.717) is 19.8 Å². The van der Waals surface area contributed by atoms with Gasteiger partial charge in [-0.15, -0.1) is 0 Å². The van der Waals surface area contributed by atoms with Crippen LogP contribution in [0.3, 0.4) is 0 Å². The minimum Gasteiger partial charge on any atom is -0.550 e. The summed E-state index contributed by atoms with van der Waals surface area (Å²) in [5, 5.41) is 10.6. The summed E-state index contributed by atoms with van der Waals surface area (Å²) in [6.07, 6.45) is 0.830. The molecule has 1 aliphatic rings. The topological polar surface area (TPSA) is 69.7 Å². The van der Waals surface area contributed by atoms with E-state index in [-0.39, 0.29) is 18.9 Å². The van der Waals surface area contributed by atoms with Crippen molar-refractivity contribution in [2.45, 2.75) is 19.8 Å². The Morgan fingerprint density at radius 3 is 2.93 bits per heavy atom. The largest absolute Gasteiger partial charge is 0.550 e. The van der Waals surface area contributed by atoms with E-state index in [0.717, 1.165) is 6.42 Å². The molecule has 0 N–H and O–H groups in total. The second kappa shape index (κ2) is 5.70. The van der Waals surface area contributed by atoms with Gasteiger partial charge in [0.05, 0.1) is 0 Å². The molecule has 5 nitrogen and oxygen atoms in total. The number of carbonyl (C=O) groups is 2. The SMILES string of the molecule is CCOCCCN1C[C@@H](C(=O)[O-])CC1=O. The highest BCUT2D eigenvalue weighted by Crippen LogP contribution is 2.16. The summed E-state index contributed by atoms with van der Waals surface area (Å²) in [5.74, 6) is -1.86. The number of nitrogens with zero attached hydrogens (tertiary/aromatic N) is 1. The van der Waals surface area contributed by atoms with Gasteiger partial charge in [-0.25, -0.2) is 0 Å². The van der Waals surface area contributed by atoms with Gasteiger partial charge in [0.15, 0.2) is 0 Å².